The Balaban J connectivity index is 1.78. The molecule has 2 aromatic rings. The predicted octanol–water partition coefficient (Wildman–Crippen LogP) is 3.39. The highest BCUT2D eigenvalue weighted by Gasteiger charge is 2.22. The van der Waals surface area contributed by atoms with E-state index in [-0.39, 0.29) is 0 Å². The summed E-state index contributed by atoms with van der Waals surface area (Å²) < 4.78 is 1.33. The molecule has 1 aromatic heterocycles. The fraction of sp³-hybridized carbons (Fsp3) is 0.562. The number of benzene rings is 1. The highest BCUT2D eigenvalue weighted by molar-refractivity contribution is 7.22. The molecule has 1 aromatic carbocycles. The van der Waals surface area contributed by atoms with Crippen LogP contribution in [0, 0.1) is 0 Å². The van der Waals surface area contributed by atoms with E-state index >= 15 is 0 Å². The topological polar surface area (TPSA) is 19.4 Å². The SMILES string of the molecule is CCc1ccc2nc(N3CCC(N(C)C)CC3)sc2c1. The zero-order chi connectivity index (χ0) is 14.1. The molecule has 2 heterocycles. The molecule has 1 aliphatic rings. The van der Waals surface area contributed by atoms with Gasteiger partial charge in [-0.25, -0.2) is 4.98 Å². The number of aromatic nitrogens is 1. The van der Waals surface area contributed by atoms with Gasteiger partial charge >= 0.3 is 0 Å². The summed E-state index contributed by atoms with van der Waals surface area (Å²) >= 11 is 1.84. The van der Waals surface area contributed by atoms with Gasteiger partial charge in [-0.3, -0.25) is 0 Å². The maximum Gasteiger partial charge on any atom is 0.186 e. The predicted molar refractivity (Wildman–Crippen MR) is 87.9 cm³/mol. The van der Waals surface area contributed by atoms with Crippen LogP contribution in [-0.4, -0.2) is 43.1 Å². The van der Waals surface area contributed by atoms with Crippen LogP contribution in [0.25, 0.3) is 10.2 Å². The zero-order valence-corrected chi connectivity index (χ0v) is 13.4. The van der Waals surface area contributed by atoms with Gasteiger partial charge in [-0.2, -0.15) is 0 Å². The van der Waals surface area contributed by atoms with Gasteiger partial charge < -0.3 is 9.80 Å². The number of rotatable bonds is 3. The van der Waals surface area contributed by atoms with Crippen molar-refractivity contribution in [3.8, 4) is 0 Å². The third kappa shape index (κ3) is 2.67. The molecule has 0 atom stereocenters. The number of anilines is 1. The Kier molecular flexibility index (Phi) is 3.94. The number of hydrogen-bond donors (Lipinski definition) is 0. The molecular weight excluding hydrogens is 266 g/mol. The van der Waals surface area contributed by atoms with Gasteiger partial charge in [-0.1, -0.05) is 24.3 Å². The monoisotopic (exact) mass is 289 g/mol. The lowest BCUT2D eigenvalue weighted by atomic mass is 10.0. The molecule has 0 amide bonds. The van der Waals surface area contributed by atoms with Crippen LogP contribution in [-0.2, 0) is 6.42 Å². The van der Waals surface area contributed by atoms with Crippen LogP contribution in [0.15, 0.2) is 18.2 Å². The number of thiazole rings is 1. The molecule has 4 heteroatoms. The number of hydrogen-bond acceptors (Lipinski definition) is 4. The van der Waals surface area contributed by atoms with Crippen molar-refractivity contribution in [3.05, 3.63) is 23.8 Å². The lowest BCUT2D eigenvalue weighted by Gasteiger charge is -2.34. The van der Waals surface area contributed by atoms with E-state index in [1.54, 1.807) is 0 Å². The van der Waals surface area contributed by atoms with Crippen molar-refractivity contribution in [1.29, 1.82) is 0 Å². The standard InChI is InChI=1S/C16H23N3S/c1-4-12-5-6-14-15(11-12)20-16(17-14)19-9-7-13(8-10-19)18(2)3/h5-6,11,13H,4,7-10H2,1-3H3. The minimum absolute atomic E-state index is 0.729. The highest BCUT2D eigenvalue weighted by Crippen LogP contribution is 2.31. The third-order valence-electron chi connectivity index (χ3n) is 4.32. The van der Waals surface area contributed by atoms with E-state index in [2.05, 4.69) is 49.0 Å². The van der Waals surface area contributed by atoms with Gasteiger partial charge in [0.1, 0.15) is 0 Å². The van der Waals surface area contributed by atoms with E-state index in [4.69, 9.17) is 4.98 Å². The molecule has 1 saturated heterocycles. The van der Waals surface area contributed by atoms with E-state index in [0.717, 1.165) is 31.1 Å². The number of fused-ring (bicyclic) bond motifs is 1. The molecule has 0 spiro atoms. The lowest BCUT2D eigenvalue weighted by Crippen LogP contribution is -2.41. The molecule has 0 saturated carbocycles. The molecule has 1 fully saturated rings. The van der Waals surface area contributed by atoms with Crippen molar-refractivity contribution in [3.63, 3.8) is 0 Å². The molecule has 0 N–H and O–H groups in total. The second-order valence-corrected chi connectivity index (χ2v) is 6.84. The zero-order valence-electron chi connectivity index (χ0n) is 12.6. The van der Waals surface area contributed by atoms with Gasteiger partial charge in [0, 0.05) is 19.1 Å². The van der Waals surface area contributed by atoms with E-state index < -0.39 is 0 Å². The van der Waals surface area contributed by atoms with Crippen LogP contribution in [0.3, 0.4) is 0 Å². The normalized spacial score (nSPS) is 17.3. The Labute approximate surface area is 125 Å². The molecule has 0 bridgehead atoms. The quantitative estimate of drug-likeness (QED) is 0.863. The Hall–Kier alpha value is -1.13. The molecule has 0 aliphatic carbocycles. The molecule has 108 valence electrons. The van der Waals surface area contributed by atoms with Gasteiger partial charge in [0.05, 0.1) is 10.2 Å². The van der Waals surface area contributed by atoms with E-state index in [9.17, 15) is 0 Å². The lowest BCUT2D eigenvalue weighted by molar-refractivity contribution is 0.249. The van der Waals surface area contributed by atoms with Gasteiger partial charge in [-0.15, -0.1) is 0 Å². The summed E-state index contributed by atoms with van der Waals surface area (Å²) in [5, 5.41) is 1.20. The van der Waals surface area contributed by atoms with Crippen molar-refractivity contribution in [2.24, 2.45) is 0 Å². The fourth-order valence-electron chi connectivity index (χ4n) is 2.89. The maximum absolute atomic E-state index is 4.81. The summed E-state index contributed by atoms with van der Waals surface area (Å²) in [5.41, 5.74) is 2.55. The van der Waals surface area contributed by atoms with E-state index in [1.807, 2.05) is 11.3 Å². The fourth-order valence-corrected chi connectivity index (χ4v) is 3.97. The van der Waals surface area contributed by atoms with Crippen molar-refractivity contribution >= 4 is 26.7 Å². The van der Waals surface area contributed by atoms with Crippen molar-refractivity contribution < 1.29 is 0 Å². The van der Waals surface area contributed by atoms with Crippen LogP contribution >= 0.6 is 11.3 Å². The van der Waals surface area contributed by atoms with Gasteiger partial charge in [-0.05, 0) is 51.1 Å². The first-order chi connectivity index (χ1) is 9.67. The van der Waals surface area contributed by atoms with E-state index in [0.29, 0.717) is 0 Å². The molecule has 20 heavy (non-hydrogen) atoms. The summed E-state index contributed by atoms with van der Waals surface area (Å²) in [5.74, 6) is 0. The van der Waals surface area contributed by atoms with E-state index in [1.165, 1.54) is 28.2 Å². The number of aryl methyl sites for hydroxylation is 1. The Morgan fingerprint density at radius 2 is 2.05 bits per heavy atom. The highest BCUT2D eigenvalue weighted by atomic mass is 32.1. The molecule has 0 unspecified atom stereocenters. The first-order valence-corrected chi connectivity index (χ1v) is 8.30. The molecule has 0 radical (unpaired) electrons. The largest absolute Gasteiger partial charge is 0.348 e. The Bertz CT molecular complexity index is 582. The number of piperidine rings is 1. The van der Waals surface area contributed by atoms with Gasteiger partial charge in [0.15, 0.2) is 5.13 Å². The summed E-state index contributed by atoms with van der Waals surface area (Å²) in [6, 6.07) is 7.39. The maximum atomic E-state index is 4.81. The second kappa shape index (κ2) is 5.70. The Morgan fingerprint density at radius 3 is 2.70 bits per heavy atom. The van der Waals surface area contributed by atoms with Crippen LogP contribution in [0.4, 0.5) is 5.13 Å². The summed E-state index contributed by atoms with van der Waals surface area (Å²) in [4.78, 5) is 9.62. The first kappa shape index (κ1) is 13.8. The molecule has 1 aliphatic heterocycles. The van der Waals surface area contributed by atoms with Crippen molar-refractivity contribution in [2.45, 2.75) is 32.2 Å². The van der Waals surface area contributed by atoms with Crippen LogP contribution < -0.4 is 4.90 Å². The van der Waals surface area contributed by atoms with Crippen LogP contribution in [0.5, 0.6) is 0 Å². The van der Waals surface area contributed by atoms with Crippen LogP contribution in [0.1, 0.15) is 25.3 Å². The smallest absolute Gasteiger partial charge is 0.186 e. The summed E-state index contributed by atoms with van der Waals surface area (Å²) in [6.45, 7) is 4.46. The van der Waals surface area contributed by atoms with Gasteiger partial charge in [0.2, 0.25) is 0 Å². The van der Waals surface area contributed by atoms with Crippen molar-refractivity contribution in [1.82, 2.24) is 9.88 Å². The molecule has 3 nitrogen and oxygen atoms in total. The summed E-state index contributed by atoms with van der Waals surface area (Å²) in [7, 11) is 4.37. The average molecular weight is 289 g/mol. The first-order valence-electron chi connectivity index (χ1n) is 7.48. The minimum Gasteiger partial charge on any atom is -0.348 e. The Morgan fingerprint density at radius 1 is 1.30 bits per heavy atom. The minimum atomic E-state index is 0.729. The summed E-state index contributed by atoms with van der Waals surface area (Å²) in [6.07, 6.45) is 3.57. The third-order valence-corrected chi connectivity index (χ3v) is 5.39. The van der Waals surface area contributed by atoms with Gasteiger partial charge in [0.25, 0.3) is 0 Å². The van der Waals surface area contributed by atoms with Crippen LogP contribution in [0.2, 0.25) is 0 Å². The van der Waals surface area contributed by atoms with Crippen molar-refractivity contribution in [2.75, 3.05) is 32.1 Å². The second-order valence-electron chi connectivity index (χ2n) is 5.83. The average Bonchev–Trinajstić information content (AvgIpc) is 2.90. The molecule has 3 rings (SSSR count). The molecular formula is C16H23N3S. The number of nitrogens with zero attached hydrogens (tertiary/aromatic N) is 3.